The van der Waals surface area contributed by atoms with Crippen LogP contribution in [0.25, 0.3) is 22.5 Å². The molecule has 4 nitrogen and oxygen atoms in total. The van der Waals surface area contributed by atoms with Crippen LogP contribution in [0.15, 0.2) is 85.6 Å². The van der Waals surface area contributed by atoms with Gasteiger partial charge in [0.15, 0.2) is 0 Å². The van der Waals surface area contributed by atoms with Gasteiger partial charge in [-0.25, -0.2) is 4.98 Å². The summed E-state index contributed by atoms with van der Waals surface area (Å²) in [5.74, 6) is 0. The lowest BCUT2D eigenvalue weighted by molar-refractivity contribution is 1.07. The van der Waals surface area contributed by atoms with Gasteiger partial charge in [0.1, 0.15) is 0 Å². The molecule has 0 fully saturated rings. The first-order valence-electron chi connectivity index (χ1n) is 8.10. The van der Waals surface area contributed by atoms with Gasteiger partial charge in [0.25, 0.3) is 0 Å². The molecule has 4 rings (SSSR count). The van der Waals surface area contributed by atoms with E-state index in [1.807, 2.05) is 61.1 Å². The number of pyridine rings is 4. The predicted molar refractivity (Wildman–Crippen MR) is 97.7 cm³/mol. The van der Waals surface area contributed by atoms with Gasteiger partial charge in [-0.2, -0.15) is 0 Å². The van der Waals surface area contributed by atoms with Crippen molar-refractivity contribution in [1.29, 1.82) is 0 Å². The maximum absolute atomic E-state index is 4.82. The average molecular weight is 324 g/mol. The molecule has 4 aromatic rings. The Kier molecular flexibility index (Phi) is 4.25. The van der Waals surface area contributed by atoms with Crippen molar-refractivity contribution in [2.75, 3.05) is 0 Å². The summed E-state index contributed by atoms with van der Waals surface area (Å²) in [4.78, 5) is 17.7. The molecule has 0 bridgehead atoms. The van der Waals surface area contributed by atoms with Gasteiger partial charge in [-0.1, -0.05) is 6.07 Å². The van der Waals surface area contributed by atoms with E-state index in [-0.39, 0.29) is 0 Å². The molecule has 0 aliphatic heterocycles. The lowest BCUT2D eigenvalue weighted by Gasteiger charge is -2.09. The minimum absolute atomic E-state index is 0.754. The summed E-state index contributed by atoms with van der Waals surface area (Å²) in [6, 6.07) is 18.1. The highest BCUT2D eigenvalue weighted by Gasteiger charge is 2.08. The first kappa shape index (κ1) is 15.1. The Hall–Kier alpha value is -3.40. The van der Waals surface area contributed by atoms with Crippen molar-refractivity contribution < 1.29 is 0 Å². The van der Waals surface area contributed by atoms with E-state index in [1.54, 1.807) is 12.4 Å². The van der Waals surface area contributed by atoms with E-state index >= 15 is 0 Å². The standard InChI is InChI=1S/C21H16N4/c1-2-10-24-19(7-1)11-16-12-20(17-5-3-8-22-14-17)25-21(13-16)18-6-4-9-23-15-18/h1-10,12-15H,11H2. The van der Waals surface area contributed by atoms with Crippen molar-refractivity contribution in [2.24, 2.45) is 0 Å². The molecular formula is C21H16N4. The largest absolute Gasteiger partial charge is 0.264 e. The van der Waals surface area contributed by atoms with E-state index in [9.17, 15) is 0 Å². The Balaban J connectivity index is 1.80. The van der Waals surface area contributed by atoms with Gasteiger partial charge in [-0.05, 0) is 54.1 Å². The molecule has 0 atom stereocenters. The SMILES string of the molecule is c1ccc(Cc2cc(-c3cccnc3)nc(-c3cccnc3)c2)nc1. The first-order chi connectivity index (χ1) is 12.4. The number of hydrogen-bond donors (Lipinski definition) is 0. The van der Waals surface area contributed by atoms with Gasteiger partial charge in [0, 0.05) is 54.2 Å². The molecule has 4 heterocycles. The molecule has 0 radical (unpaired) electrons. The van der Waals surface area contributed by atoms with E-state index < -0.39 is 0 Å². The Morgan fingerprint density at radius 1 is 0.680 bits per heavy atom. The second kappa shape index (κ2) is 7.01. The molecule has 0 aliphatic carbocycles. The van der Waals surface area contributed by atoms with Gasteiger partial charge >= 0.3 is 0 Å². The zero-order valence-corrected chi connectivity index (χ0v) is 13.6. The maximum atomic E-state index is 4.82. The molecule has 0 amide bonds. The summed E-state index contributed by atoms with van der Waals surface area (Å²) in [5.41, 5.74) is 5.99. The normalized spacial score (nSPS) is 10.6. The highest BCUT2D eigenvalue weighted by atomic mass is 14.7. The zero-order chi connectivity index (χ0) is 16.9. The smallest absolute Gasteiger partial charge is 0.0727 e. The third kappa shape index (κ3) is 3.58. The lowest BCUT2D eigenvalue weighted by atomic mass is 10.0. The van der Waals surface area contributed by atoms with E-state index in [0.29, 0.717) is 0 Å². The highest BCUT2D eigenvalue weighted by molar-refractivity contribution is 5.66. The van der Waals surface area contributed by atoms with Crippen molar-refractivity contribution in [2.45, 2.75) is 6.42 Å². The molecule has 25 heavy (non-hydrogen) atoms. The van der Waals surface area contributed by atoms with Gasteiger partial charge < -0.3 is 0 Å². The van der Waals surface area contributed by atoms with Crippen LogP contribution in [-0.4, -0.2) is 19.9 Å². The van der Waals surface area contributed by atoms with E-state index in [2.05, 4.69) is 27.1 Å². The summed E-state index contributed by atoms with van der Waals surface area (Å²) >= 11 is 0. The fourth-order valence-corrected chi connectivity index (χ4v) is 2.73. The number of aromatic nitrogens is 4. The van der Waals surface area contributed by atoms with Crippen molar-refractivity contribution in [3.63, 3.8) is 0 Å². The third-order valence-corrected chi connectivity index (χ3v) is 3.91. The van der Waals surface area contributed by atoms with Crippen molar-refractivity contribution in [3.05, 3.63) is 96.8 Å². The van der Waals surface area contributed by atoms with Crippen molar-refractivity contribution in [3.8, 4) is 22.5 Å². The molecule has 0 spiro atoms. The van der Waals surface area contributed by atoms with Gasteiger partial charge in [-0.15, -0.1) is 0 Å². The van der Waals surface area contributed by atoms with Crippen LogP contribution in [0.2, 0.25) is 0 Å². The topological polar surface area (TPSA) is 51.6 Å². The second-order valence-electron chi connectivity index (χ2n) is 5.73. The predicted octanol–water partition coefficient (Wildman–Crippen LogP) is 4.19. The molecule has 0 saturated heterocycles. The molecule has 4 heteroatoms. The van der Waals surface area contributed by atoms with Crippen LogP contribution in [0.4, 0.5) is 0 Å². The first-order valence-corrected chi connectivity index (χ1v) is 8.10. The van der Waals surface area contributed by atoms with E-state index in [4.69, 9.17) is 4.98 Å². The van der Waals surface area contributed by atoms with Crippen LogP contribution in [-0.2, 0) is 6.42 Å². The van der Waals surface area contributed by atoms with Crippen LogP contribution in [0.3, 0.4) is 0 Å². The Morgan fingerprint density at radius 2 is 1.36 bits per heavy atom. The Morgan fingerprint density at radius 3 is 1.88 bits per heavy atom. The lowest BCUT2D eigenvalue weighted by Crippen LogP contribution is -1.96. The van der Waals surface area contributed by atoms with Crippen LogP contribution in [0.1, 0.15) is 11.3 Å². The molecule has 0 saturated carbocycles. The van der Waals surface area contributed by atoms with Crippen LogP contribution in [0, 0.1) is 0 Å². The Bertz CT molecular complexity index is 897. The molecule has 4 aromatic heterocycles. The molecule has 0 N–H and O–H groups in total. The number of nitrogens with zero attached hydrogens (tertiary/aromatic N) is 4. The van der Waals surface area contributed by atoms with Crippen LogP contribution in [0.5, 0.6) is 0 Å². The summed E-state index contributed by atoms with van der Waals surface area (Å²) < 4.78 is 0. The minimum Gasteiger partial charge on any atom is -0.264 e. The van der Waals surface area contributed by atoms with Gasteiger partial charge in [0.2, 0.25) is 0 Å². The maximum Gasteiger partial charge on any atom is 0.0727 e. The summed E-state index contributed by atoms with van der Waals surface area (Å²) in [6.07, 6.45) is 9.77. The van der Waals surface area contributed by atoms with E-state index in [0.717, 1.165) is 40.2 Å². The summed E-state index contributed by atoms with van der Waals surface area (Å²) in [7, 11) is 0. The van der Waals surface area contributed by atoms with Gasteiger partial charge in [-0.3, -0.25) is 15.0 Å². The average Bonchev–Trinajstić information content (AvgIpc) is 2.70. The van der Waals surface area contributed by atoms with Crippen molar-refractivity contribution >= 4 is 0 Å². The summed E-state index contributed by atoms with van der Waals surface area (Å²) in [6.45, 7) is 0. The van der Waals surface area contributed by atoms with Gasteiger partial charge in [0.05, 0.1) is 11.4 Å². The Labute approximate surface area is 146 Å². The van der Waals surface area contributed by atoms with E-state index in [1.165, 1.54) is 0 Å². The van der Waals surface area contributed by atoms with Crippen LogP contribution >= 0.6 is 0 Å². The third-order valence-electron chi connectivity index (χ3n) is 3.91. The summed E-state index contributed by atoms with van der Waals surface area (Å²) in [5, 5.41) is 0. The highest BCUT2D eigenvalue weighted by Crippen LogP contribution is 2.25. The fraction of sp³-hybridized carbons (Fsp3) is 0.0476. The fourth-order valence-electron chi connectivity index (χ4n) is 2.73. The molecule has 0 aromatic carbocycles. The second-order valence-corrected chi connectivity index (χ2v) is 5.73. The molecule has 120 valence electrons. The number of rotatable bonds is 4. The molecular weight excluding hydrogens is 308 g/mol. The van der Waals surface area contributed by atoms with Crippen LogP contribution < -0.4 is 0 Å². The molecule has 0 aliphatic rings. The zero-order valence-electron chi connectivity index (χ0n) is 13.6. The quantitative estimate of drug-likeness (QED) is 0.565. The van der Waals surface area contributed by atoms with Crippen molar-refractivity contribution in [1.82, 2.24) is 19.9 Å². The number of hydrogen-bond acceptors (Lipinski definition) is 4. The molecule has 0 unspecified atom stereocenters. The minimum atomic E-state index is 0.754. The monoisotopic (exact) mass is 324 g/mol.